The molecular weight excluding hydrogens is 398 g/mol. The number of aryl methyl sites for hydroxylation is 1. The Morgan fingerprint density at radius 2 is 1.96 bits per heavy atom. The molecule has 0 aliphatic carbocycles. The number of nitrogens with one attached hydrogen (secondary N) is 2. The van der Waals surface area contributed by atoms with E-state index >= 15 is 0 Å². The summed E-state index contributed by atoms with van der Waals surface area (Å²) in [5.74, 6) is 0.596. The van der Waals surface area contributed by atoms with Crippen LogP contribution in [0.15, 0.2) is 58.5 Å². The minimum Gasteiger partial charge on any atom is -0.497 e. The van der Waals surface area contributed by atoms with Gasteiger partial charge in [-0.05, 0) is 48.9 Å². The zero-order valence-corrected chi connectivity index (χ0v) is 16.9. The van der Waals surface area contributed by atoms with Gasteiger partial charge in [0.05, 0.1) is 18.6 Å². The first-order valence-electron chi connectivity index (χ1n) is 8.39. The first-order chi connectivity index (χ1) is 13.4. The molecule has 0 atom stereocenters. The Hall–Kier alpha value is -2.77. The van der Waals surface area contributed by atoms with Crippen LogP contribution < -0.4 is 15.6 Å². The van der Waals surface area contributed by atoms with E-state index in [0.717, 1.165) is 28.6 Å². The van der Waals surface area contributed by atoms with Crippen molar-refractivity contribution in [3.05, 3.63) is 69.5 Å². The van der Waals surface area contributed by atoms with Gasteiger partial charge in [0.15, 0.2) is 5.16 Å². The van der Waals surface area contributed by atoms with Gasteiger partial charge in [0.2, 0.25) is 5.91 Å². The third-order valence-corrected chi connectivity index (χ3v) is 5.18. The maximum atomic E-state index is 12.2. The molecule has 6 nitrogen and oxygen atoms in total. The summed E-state index contributed by atoms with van der Waals surface area (Å²) in [5, 5.41) is 3.73. The van der Waals surface area contributed by atoms with Gasteiger partial charge in [0.25, 0.3) is 5.56 Å². The quantitative estimate of drug-likeness (QED) is 0.467. The van der Waals surface area contributed by atoms with Crippen LogP contribution in [0, 0.1) is 6.92 Å². The molecule has 0 fully saturated rings. The minimum absolute atomic E-state index is 0.0977. The fraction of sp³-hybridized carbons (Fsp3) is 0.150. The number of hydrogen-bond donors (Lipinski definition) is 2. The van der Waals surface area contributed by atoms with E-state index in [4.69, 9.17) is 16.3 Å². The first kappa shape index (κ1) is 20.0. The number of aromatic amines is 1. The molecule has 0 spiro atoms. The number of H-pyrrole nitrogens is 1. The highest BCUT2D eigenvalue weighted by Gasteiger charge is 2.09. The highest BCUT2D eigenvalue weighted by molar-refractivity contribution is 7.99. The molecule has 0 aliphatic heterocycles. The van der Waals surface area contributed by atoms with Gasteiger partial charge in [-0.2, -0.15) is 0 Å². The summed E-state index contributed by atoms with van der Waals surface area (Å²) in [6.07, 6.45) is 0. The van der Waals surface area contributed by atoms with Crippen molar-refractivity contribution in [3.8, 4) is 17.0 Å². The predicted molar refractivity (Wildman–Crippen MR) is 112 cm³/mol. The van der Waals surface area contributed by atoms with Crippen molar-refractivity contribution in [1.82, 2.24) is 9.97 Å². The molecule has 2 N–H and O–H groups in total. The SMILES string of the molecule is COc1ccc(-c2cc(=O)[nH]c(SCC(=O)Nc3ccc(C)c(Cl)c3)n2)cc1. The Balaban J connectivity index is 1.68. The predicted octanol–water partition coefficient (Wildman–Crippen LogP) is 4.14. The molecule has 28 heavy (non-hydrogen) atoms. The van der Waals surface area contributed by atoms with Crippen LogP contribution in [0.1, 0.15) is 5.56 Å². The van der Waals surface area contributed by atoms with Crippen LogP contribution in [0.5, 0.6) is 5.75 Å². The van der Waals surface area contributed by atoms with Crippen molar-refractivity contribution in [3.63, 3.8) is 0 Å². The van der Waals surface area contributed by atoms with Gasteiger partial charge in [-0.25, -0.2) is 4.98 Å². The molecule has 8 heteroatoms. The van der Waals surface area contributed by atoms with Gasteiger partial charge in [-0.3, -0.25) is 9.59 Å². The van der Waals surface area contributed by atoms with E-state index < -0.39 is 0 Å². The van der Waals surface area contributed by atoms with Crippen molar-refractivity contribution in [2.45, 2.75) is 12.1 Å². The highest BCUT2D eigenvalue weighted by atomic mass is 35.5. The lowest BCUT2D eigenvalue weighted by molar-refractivity contribution is -0.113. The van der Waals surface area contributed by atoms with Crippen molar-refractivity contribution in [2.75, 3.05) is 18.2 Å². The van der Waals surface area contributed by atoms with Crippen LogP contribution >= 0.6 is 23.4 Å². The van der Waals surface area contributed by atoms with Crippen LogP contribution in [-0.4, -0.2) is 28.7 Å². The molecule has 1 amide bonds. The van der Waals surface area contributed by atoms with Crippen LogP contribution in [0.3, 0.4) is 0 Å². The van der Waals surface area contributed by atoms with Crippen LogP contribution in [-0.2, 0) is 4.79 Å². The maximum Gasteiger partial charge on any atom is 0.252 e. The van der Waals surface area contributed by atoms with Gasteiger partial charge >= 0.3 is 0 Å². The number of nitrogens with zero attached hydrogens (tertiary/aromatic N) is 1. The third kappa shape index (κ3) is 5.15. The minimum atomic E-state index is -0.283. The highest BCUT2D eigenvalue weighted by Crippen LogP contribution is 2.23. The molecular formula is C20H18ClN3O3S. The summed E-state index contributed by atoms with van der Waals surface area (Å²) < 4.78 is 5.13. The number of amides is 1. The molecule has 0 radical (unpaired) electrons. The molecule has 1 aromatic heterocycles. The Kier molecular flexibility index (Phi) is 6.38. The molecule has 3 aromatic rings. The number of rotatable bonds is 6. The summed E-state index contributed by atoms with van der Waals surface area (Å²) in [7, 11) is 1.59. The molecule has 1 heterocycles. The second kappa shape index (κ2) is 8.95. The van der Waals surface area contributed by atoms with Gasteiger partial charge in [-0.1, -0.05) is 29.4 Å². The molecule has 0 unspecified atom stereocenters. The van der Waals surface area contributed by atoms with E-state index in [0.29, 0.717) is 21.6 Å². The number of anilines is 1. The number of thioether (sulfide) groups is 1. The average molecular weight is 416 g/mol. The second-order valence-corrected chi connectivity index (χ2v) is 7.34. The van der Waals surface area contributed by atoms with Crippen molar-refractivity contribution >= 4 is 35.0 Å². The van der Waals surface area contributed by atoms with E-state index in [-0.39, 0.29) is 17.2 Å². The number of halogens is 1. The topological polar surface area (TPSA) is 84.1 Å². The summed E-state index contributed by atoms with van der Waals surface area (Å²) in [4.78, 5) is 31.2. The largest absolute Gasteiger partial charge is 0.497 e. The van der Waals surface area contributed by atoms with Crippen molar-refractivity contribution < 1.29 is 9.53 Å². The maximum absolute atomic E-state index is 12.2. The molecule has 0 saturated carbocycles. The van der Waals surface area contributed by atoms with Gasteiger partial charge in [-0.15, -0.1) is 0 Å². The van der Waals surface area contributed by atoms with Gasteiger partial charge in [0, 0.05) is 22.3 Å². The number of ether oxygens (including phenoxy) is 1. The Bertz CT molecular complexity index is 1050. The second-order valence-electron chi connectivity index (χ2n) is 5.97. The number of aromatic nitrogens is 2. The molecule has 0 aliphatic rings. The fourth-order valence-electron chi connectivity index (χ4n) is 2.41. The summed E-state index contributed by atoms with van der Waals surface area (Å²) in [6.45, 7) is 1.89. The van der Waals surface area contributed by atoms with Crippen LogP contribution in [0.25, 0.3) is 11.3 Å². The number of carbonyl (C=O) groups excluding carboxylic acids is 1. The zero-order valence-electron chi connectivity index (χ0n) is 15.3. The monoisotopic (exact) mass is 415 g/mol. The number of methoxy groups -OCH3 is 1. The standard InChI is InChI=1S/C20H18ClN3O3S/c1-12-3-6-14(9-16(12)21)22-19(26)11-28-20-23-17(10-18(25)24-20)13-4-7-15(27-2)8-5-13/h3-10H,11H2,1-2H3,(H,22,26)(H,23,24,25). The van der Waals surface area contributed by atoms with Crippen LogP contribution in [0.2, 0.25) is 5.02 Å². The third-order valence-electron chi connectivity index (χ3n) is 3.90. The molecule has 144 valence electrons. The van der Waals surface area contributed by atoms with E-state index in [9.17, 15) is 9.59 Å². The van der Waals surface area contributed by atoms with Crippen molar-refractivity contribution in [2.24, 2.45) is 0 Å². The molecule has 0 saturated heterocycles. The van der Waals surface area contributed by atoms with E-state index in [1.165, 1.54) is 6.07 Å². The first-order valence-corrected chi connectivity index (χ1v) is 9.75. The molecule has 3 rings (SSSR count). The van der Waals surface area contributed by atoms with Crippen LogP contribution in [0.4, 0.5) is 5.69 Å². The van der Waals surface area contributed by atoms with Gasteiger partial charge < -0.3 is 15.0 Å². The lowest BCUT2D eigenvalue weighted by Crippen LogP contribution is -2.15. The lowest BCUT2D eigenvalue weighted by Gasteiger charge is -2.07. The van der Waals surface area contributed by atoms with E-state index in [1.807, 2.05) is 25.1 Å². The molecule has 2 aromatic carbocycles. The Labute approximate surface area is 171 Å². The zero-order chi connectivity index (χ0) is 20.1. The Morgan fingerprint density at radius 1 is 1.21 bits per heavy atom. The fourth-order valence-corrected chi connectivity index (χ4v) is 3.27. The van der Waals surface area contributed by atoms with E-state index in [2.05, 4.69) is 15.3 Å². The van der Waals surface area contributed by atoms with Crippen molar-refractivity contribution in [1.29, 1.82) is 0 Å². The number of benzene rings is 2. The van der Waals surface area contributed by atoms with Gasteiger partial charge in [0.1, 0.15) is 5.75 Å². The normalized spacial score (nSPS) is 10.5. The lowest BCUT2D eigenvalue weighted by atomic mass is 10.1. The summed E-state index contributed by atoms with van der Waals surface area (Å²) in [5.41, 5.74) is 2.59. The average Bonchev–Trinajstić information content (AvgIpc) is 2.69. The Morgan fingerprint density at radius 3 is 2.64 bits per heavy atom. The number of carbonyl (C=O) groups is 1. The summed E-state index contributed by atoms with van der Waals surface area (Å²) in [6, 6.07) is 14.0. The summed E-state index contributed by atoms with van der Waals surface area (Å²) >= 11 is 7.22. The smallest absolute Gasteiger partial charge is 0.252 e. The van der Waals surface area contributed by atoms with E-state index in [1.54, 1.807) is 31.4 Å². The molecule has 0 bridgehead atoms. The number of hydrogen-bond acceptors (Lipinski definition) is 5.